The lowest BCUT2D eigenvalue weighted by Crippen LogP contribution is -2.45. The normalized spacial score (nSPS) is 11.3. The molecule has 0 fully saturated rings. The van der Waals surface area contributed by atoms with E-state index in [1.165, 1.54) is 0 Å². The third-order valence-corrected chi connectivity index (χ3v) is 6.78. The molecule has 4 rings (SSSR count). The Balaban J connectivity index is 1.56. The van der Waals surface area contributed by atoms with Gasteiger partial charge in [-0.3, -0.25) is 9.59 Å². The molecule has 2 amide bonds. The predicted molar refractivity (Wildman–Crippen MR) is 159 cm³/mol. The van der Waals surface area contributed by atoms with Crippen molar-refractivity contribution in [1.29, 1.82) is 0 Å². The van der Waals surface area contributed by atoms with Crippen LogP contribution in [0.3, 0.4) is 0 Å². The van der Waals surface area contributed by atoms with E-state index in [2.05, 4.69) is 5.32 Å². The number of methoxy groups -OCH3 is 2. The number of carbonyl (C=O) groups is 2. The SMILES string of the molecule is COc1ccc(CCNC(=O)[C@H](c2ccccc2)N(Cc2ccc(Cl)cc2)C(=O)COc2ccccc2)cc1OC. The molecule has 0 aliphatic rings. The fraction of sp³-hybridized carbons (Fsp3) is 0.212. The van der Waals surface area contributed by atoms with Crippen molar-refractivity contribution < 1.29 is 23.8 Å². The summed E-state index contributed by atoms with van der Waals surface area (Å²) in [5, 5.41) is 3.62. The van der Waals surface area contributed by atoms with E-state index >= 15 is 0 Å². The first-order valence-corrected chi connectivity index (χ1v) is 13.6. The van der Waals surface area contributed by atoms with Gasteiger partial charge in [-0.25, -0.2) is 0 Å². The Morgan fingerprint density at radius 1 is 0.805 bits per heavy atom. The molecular weight excluding hydrogens is 540 g/mol. The molecule has 7 nitrogen and oxygen atoms in total. The molecular formula is C33H33ClN2O5. The Morgan fingerprint density at radius 2 is 1.44 bits per heavy atom. The molecule has 8 heteroatoms. The van der Waals surface area contributed by atoms with Crippen molar-refractivity contribution in [3.05, 3.63) is 125 Å². The molecule has 1 N–H and O–H groups in total. The van der Waals surface area contributed by atoms with Crippen LogP contribution in [0.15, 0.2) is 103 Å². The fourth-order valence-corrected chi connectivity index (χ4v) is 4.55. The number of nitrogens with one attached hydrogen (secondary N) is 1. The Kier molecular flexibility index (Phi) is 10.6. The number of rotatable bonds is 13. The van der Waals surface area contributed by atoms with Gasteiger partial charge in [-0.15, -0.1) is 0 Å². The summed E-state index contributed by atoms with van der Waals surface area (Å²) in [6, 6.07) is 30.4. The summed E-state index contributed by atoms with van der Waals surface area (Å²) in [6.45, 7) is 0.331. The minimum atomic E-state index is -0.885. The van der Waals surface area contributed by atoms with Crippen LogP contribution in [0.4, 0.5) is 0 Å². The maximum Gasteiger partial charge on any atom is 0.261 e. The molecule has 4 aromatic rings. The first-order valence-electron chi connectivity index (χ1n) is 13.2. The highest BCUT2D eigenvalue weighted by Gasteiger charge is 2.31. The second kappa shape index (κ2) is 14.8. The van der Waals surface area contributed by atoms with Gasteiger partial charge in [-0.05, 0) is 59.5 Å². The van der Waals surface area contributed by atoms with Crippen molar-refractivity contribution in [1.82, 2.24) is 10.2 Å². The summed E-state index contributed by atoms with van der Waals surface area (Å²) in [5.74, 6) is 1.21. The number of para-hydroxylation sites is 1. The van der Waals surface area contributed by atoms with Gasteiger partial charge in [0, 0.05) is 18.1 Å². The number of halogens is 1. The highest BCUT2D eigenvalue weighted by Crippen LogP contribution is 2.28. The van der Waals surface area contributed by atoms with Crippen molar-refractivity contribution in [2.75, 3.05) is 27.4 Å². The second-order valence-electron chi connectivity index (χ2n) is 9.29. The lowest BCUT2D eigenvalue weighted by molar-refractivity contribution is -0.143. The minimum absolute atomic E-state index is 0.191. The molecule has 0 saturated heterocycles. The van der Waals surface area contributed by atoms with Gasteiger partial charge in [0.05, 0.1) is 14.2 Å². The summed E-state index contributed by atoms with van der Waals surface area (Å²) >= 11 is 6.10. The molecule has 0 saturated carbocycles. The average Bonchev–Trinajstić information content (AvgIpc) is 3.01. The smallest absolute Gasteiger partial charge is 0.261 e. The van der Waals surface area contributed by atoms with Crippen molar-refractivity contribution in [3.8, 4) is 17.2 Å². The van der Waals surface area contributed by atoms with Gasteiger partial charge < -0.3 is 24.4 Å². The molecule has 0 unspecified atom stereocenters. The quantitative estimate of drug-likeness (QED) is 0.217. The molecule has 0 heterocycles. The standard InChI is InChI=1S/C33H33ClN2O5/c1-39-29-18-15-24(21-30(29)40-2)19-20-35-33(38)32(26-9-5-3-6-10-26)36(22-25-13-16-27(34)17-14-25)31(37)23-41-28-11-7-4-8-12-28/h3-18,21,32H,19-20,22-23H2,1-2H3,(H,35,38)/t32-/m0/s1. The van der Waals surface area contributed by atoms with Crippen molar-refractivity contribution in [3.63, 3.8) is 0 Å². The summed E-state index contributed by atoms with van der Waals surface area (Å²) in [7, 11) is 3.17. The summed E-state index contributed by atoms with van der Waals surface area (Å²) < 4.78 is 16.5. The topological polar surface area (TPSA) is 77.1 Å². The van der Waals surface area contributed by atoms with E-state index in [1.807, 2.05) is 78.9 Å². The Hall–Kier alpha value is -4.49. The molecule has 0 spiro atoms. The monoisotopic (exact) mass is 572 g/mol. The number of hydrogen-bond acceptors (Lipinski definition) is 5. The second-order valence-corrected chi connectivity index (χ2v) is 9.73. The van der Waals surface area contributed by atoms with Gasteiger partial charge in [0.15, 0.2) is 18.1 Å². The predicted octanol–water partition coefficient (Wildman–Crippen LogP) is 5.87. The Labute approximate surface area is 245 Å². The number of nitrogens with zero attached hydrogens (tertiary/aromatic N) is 1. The zero-order valence-corrected chi connectivity index (χ0v) is 23.8. The Morgan fingerprint density at radius 3 is 2.10 bits per heavy atom. The van der Waals surface area contributed by atoms with E-state index in [-0.39, 0.29) is 25.0 Å². The average molecular weight is 573 g/mol. The van der Waals surface area contributed by atoms with Gasteiger partial charge in [-0.1, -0.05) is 78.3 Å². The van der Waals surface area contributed by atoms with Gasteiger partial charge >= 0.3 is 0 Å². The summed E-state index contributed by atoms with van der Waals surface area (Å²) in [4.78, 5) is 29.1. The first kappa shape index (κ1) is 29.5. The minimum Gasteiger partial charge on any atom is -0.493 e. The van der Waals surface area contributed by atoms with Crippen LogP contribution in [0.1, 0.15) is 22.7 Å². The van der Waals surface area contributed by atoms with Gasteiger partial charge in [0.25, 0.3) is 5.91 Å². The van der Waals surface area contributed by atoms with E-state index in [9.17, 15) is 9.59 Å². The number of hydrogen-bond donors (Lipinski definition) is 1. The molecule has 0 aromatic heterocycles. The Bertz CT molecular complexity index is 1420. The highest BCUT2D eigenvalue weighted by atomic mass is 35.5. The van der Waals surface area contributed by atoms with E-state index in [1.54, 1.807) is 43.4 Å². The molecule has 0 radical (unpaired) electrons. The number of ether oxygens (including phenoxy) is 3. The van der Waals surface area contributed by atoms with Gasteiger partial charge in [0.1, 0.15) is 11.8 Å². The van der Waals surface area contributed by atoms with Gasteiger partial charge in [0.2, 0.25) is 5.91 Å². The van der Waals surface area contributed by atoms with Crippen LogP contribution in [0.5, 0.6) is 17.2 Å². The summed E-state index contributed by atoms with van der Waals surface area (Å²) in [5.41, 5.74) is 2.50. The number of amides is 2. The molecule has 212 valence electrons. The maximum atomic E-state index is 13.8. The van der Waals surface area contributed by atoms with Crippen LogP contribution in [-0.2, 0) is 22.6 Å². The maximum absolute atomic E-state index is 13.8. The summed E-state index contributed by atoms with van der Waals surface area (Å²) in [6.07, 6.45) is 0.565. The lowest BCUT2D eigenvalue weighted by Gasteiger charge is -2.31. The molecule has 4 aromatic carbocycles. The number of benzene rings is 4. The van der Waals surface area contributed by atoms with Crippen LogP contribution in [0.25, 0.3) is 0 Å². The van der Waals surface area contributed by atoms with Crippen LogP contribution >= 0.6 is 11.6 Å². The van der Waals surface area contributed by atoms with Crippen molar-refractivity contribution >= 4 is 23.4 Å². The van der Waals surface area contributed by atoms with Crippen molar-refractivity contribution in [2.45, 2.75) is 19.0 Å². The van der Waals surface area contributed by atoms with Crippen LogP contribution < -0.4 is 19.5 Å². The zero-order valence-electron chi connectivity index (χ0n) is 23.1. The molecule has 1 atom stereocenters. The van der Waals surface area contributed by atoms with E-state index in [4.69, 9.17) is 25.8 Å². The first-order chi connectivity index (χ1) is 20.0. The van der Waals surface area contributed by atoms with Crippen LogP contribution in [0, 0.1) is 0 Å². The lowest BCUT2D eigenvalue weighted by atomic mass is 10.0. The number of carbonyl (C=O) groups excluding carboxylic acids is 2. The third kappa shape index (κ3) is 8.25. The van der Waals surface area contributed by atoms with Gasteiger partial charge in [-0.2, -0.15) is 0 Å². The largest absolute Gasteiger partial charge is 0.493 e. The zero-order chi connectivity index (χ0) is 29.0. The fourth-order valence-electron chi connectivity index (χ4n) is 4.43. The van der Waals surface area contributed by atoms with Crippen LogP contribution in [-0.4, -0.2) is 44.1 Å². The molecule has 0 aliphatic heterocycles. The van der Waals surface area contributed by atoms with E-state index in [0.29, 0.717) is 40.8 Å². The highest BCUT2D eigenvalue weighted by molar-refractivity contribution is 6.30. The third-order valence-electron chi connectivity index (χ3n) is 6.53. The molecule has 0 bridgehead atoms. The van der Waals surface area contributed by atoms with E-state index in [0.717, 1.165) is 11.1 Å². The van der Waals surface area contributed by atoms with Crippen LogP contribution in [0.2, 0.25) is 5.02 Å². The molecule has 41 heavy (non-hydrogen) atoms. The molecule has 0 aliphatic carbocycles. The van der Waals surface area contributed by atoms with E-state index < -0.39 is 6.04 Å². The van der Waals surface area contributed by atoms with Crippen molar-refractivity contribution in [2.24, 2.45) is 0 Å².